The van der Waals surface area contributed by atoms with E-state index in [9.17, 15) is 13.2 Å². The van der Waals surface area contributed by atoms with E-state index < -0.39 is 10.0 Å². The molecule has 9 heteroatoms. The zero-order valence-electron chi connectivity index (χ0n) is 16.2. The van der Waals surface area contributed by atoms with Crippen LogP contribution < -0.4 is 4.74 Å². The Labute approximate surface area is 179 Å². The number of nitrogens with zero attached hydrogens (tertiary/aromatic N) is 3. The molecule has 0 radical (unpaired) electrons. The number of aromatic nitrogens is 1. The second-order valence-electron chi connectivity index (χ2n) is 6.93. The number of sulfonamides is 1. The summed E-state index contributed by atoms with van der Waals surface area (Å²) in [6.07, 6.45) is 3.92. The molecule has 29 heavy (non-hydrogen) atoms. The van der Waals surface area contributed by atoms with Crippen molar-refractivity contribution in [2.45, 2.75) is 17.7 Å². The molecule has 0 atom stereocenters. The number of carbonyl (C=O) groups excluding carboxylic acids is 1. The Balaban J connectivity index is 1.47. The molecule has 1 aromatic carbocycles. The normalized spacial score (nSPS) is 15.8. The van der Waals surface area contributed by atoms with E-state index in [1.807, 2.05) is 24.3 Å². The molecular weight excluding hydrogens is 458 g/mol. The van der Waals surface area contributed by atoms with E-state index in [2.05, 4.69) is 20.9 Å². The van der Waals surface area contributed by atoms with E-state index in [-0.39, 0.29) is 16.7 Å². The molecule has 1 aliphatic rings. The van der Waals surface area contributed by atoms with Crippen molar-refractivity contribution in [2.75, 3.05) is 33.3 Å². The largest absolute Gasteiger partial charge is 0.492 e. The SMILES string of the molecule is CN(CCOc1ccc(Br)cc1)C(=O)C1CCN(S(=O)(=O)c2cccnc2)CC1. The Hall–Kier alpha value is -1.97. The average Bonchev–Trinajstić information content (AvgIpc) is 2.75. The van der Waals surface area contributed by atoms with Gasteiger partial charge >= 0.3 is 0 Å². The molecule has 1 saturated heterocycles. The standard InChI is InChI=1S/C20H24BrN3O4S/c1-23(13-14-28-18-6-4-17(21)5-7-18)20(25)16-8-11-24(12-9-16)29(26,27)19-3-2-10-22-15-19/h2-7,10,15-16H,8-9,11-14H2,1H3. The van der Waals surface area contributed by atoms with Crippen molar-refractivity contribution < 1.29 is 17.9 Å². The van der Waals surface area contributed by atoms with Crippen LogP contribution in [0.1, 0.15) is 12.8 Å². The van der Waals surface area contributed by atoms with Gasteiger partial charge in [0, 0.05) is 42.9 Å². The molecule has 2 heterocycles. The zero-order chi connectivity index (χ0) is 20.9. The summed E-state index contributed by atoms with van der Waals surface area (Å²) >= 11 is 3.38. The molecule has 1 aliphatic heterocycles. The molecule has 0 aliphatic carbocycles. The number of benzene rings is 1. The van der Waals surface area contributed by atoms with Crippen molar-refractivity contribution in [2.24, 2.45) is 5.92 Å². The molecule has 7 nitrogen and oxygen atoms in total. The van der Waals surface area contributed by atoms with Crippen molar-refractivity contribution in [3.05, 3.63) is 53.3 Å². The van der Waals surface area contributed by atoms with E-state index in [0.717, 1.165) is 10.2 Å². The number of rotatable bonds is 7. The number of piperidine rings is 1. The van der Waals surface area contributed by atoms with Crippen LogP contribution in [0.25, 0.3) is 0 Å². The first-order valence-electron chi connectivity index (χ1n) is 9.41. The number of hydrogen-bond donors (Lipinski definition) is 0. The van der Waals surface area contributed by atoms with Crippen molar-refractivity contribution >= 4 is 31.9 Å². The van der Waals surface area contributed by atoms with Gasteiger partial charge in [0.25, 0.3) is 0 Å². The van der Waals surface area contributed by atoms with Gasteiger partial charge < -0.3 is 9.64 Å². The summed E-state index contributed by atoms with van der Waals surface area (Å²) in [7, 11) is -1.80. The highest BCUT2D eigenvalue weighted by Gasteiger charge is 2.33. The molecule has 2 aromatic rings. The number of carbonyl (C=O) groups is 1. The Morgan fingerprint density at radius 3 is 2.55 bits per heavy atom. The van der Waals surface area contributed by atoms with E-state index in [1.165, 1.54) is 10.5 Å². The summed E-state index contributed by atoms with van der Waals surface area (Å²) in [6.45, 7) is 1.54. The van der Waals surface area contributed by atoms with Crippen LogP contribution >= 0.6 is 15.9 Å². The number of amides is 1. The van der Waals surface area contributed by atoms with Crippen molar-refractivity contribution in [3.8, 4) is 5.75 Å². The lowest BCUT2D eigenvalue weighted by Crippen LogP contribution is -2.44. The third-order valence-corrected chi connectivity index (χ3v) is 7.37. The molecule has 0 unspecified atom stereocenters. The van der Waals surface area contributed by atoms with Gasteiger partial charge in [-0.2, -0.15) is 4.31 Å². The fourth-order valence-electron chi connectivity index (χ4n) is 3.24. The lowest BCUT2D eigenvalue weighted by atomic mass is 9.97. The lowest BCUT2D eigenvalue weighted by molar-refractivity contribution is -0.135. The van der Waals surface area contributed by atoms with Crippen LogP contribution in [-0.4, -0.2) is 61.8 Å². The molecule has 0 spiro atoms. The number of halogens is 1. The van der Waals surface area contributed by atoms with Crippen LogP contribution in [0.2, 0.25) is 0 Å². The summed E-state index contributed by atoms with van der Waals surface area (Å²) in [5.41, 5.74) is 0. The first kappa shape index (κ1) is 21.7. The molecule has 3 rings (SSSR count). The smallest absolute Gasteiger partial charge is 0.244 e. The van der Waals surface area contributed by atoms with Crippen LogP contribution in [0.4, 0.5) is 0 Å². The summed E-state index contributed by atoms with van der Waals surface area (Å²) in [4.78, 5) is 18.4. The van der Waals surface area contributed by atoms with Crippen LogP contribution in [0.5, 0.6) is 5.75 Å². The minimum Gasteiger partial charge on any atom is -0.492 e. The molecular formula is C20H24BrN3O4S. The second kappa shape index (κ2) is 9.69. The summed E-state index contributed by atoms with van der Waals surface area (Å²) in [5.74, 6) is 0.610. The molecule has 1 aromatic heterocycles. The van der Waals surface area contributed by atoms with Gasteiger partial charge in [0.05, 0.1) is 6.54 Å². The quantitative estimate of drug-likeness (QED) is 0.607. The minimum atomic E-state index is -3.56. The topological polar surface area (TPSA) is 79.8 Å². The Morgan fingerprint density at radius 1 is 1.24 bits per heavy atom. The average molecular weight is 482 g/mol. The molecule has 1 amide bonds. The number of likely N-dealkylation sites (N-methyl/N-ethyl adjacent to an activating group) is 1. The summed E-state index contributed by atoms with van der Waals surface area (Å²) < 4.78 is 33.4. The number of ether oxygens (including phenoxy) is 1. The maximum Gasteiger partial charge on any atom is 0.244 e. The highest BCUT2D eigenvalue weighted by atomic mass is 79.9. The lowest BCUT2D eigenvalue weighted by Gasteiger charge is -2.32. The second-order valence-corrected chi connectivity index (χ2v) is 9.78. The molecule has 0 N–H and O–H groups in total. The highest BCUT2D eigenvalue weighted by Crippen LogP contribution is 2.24. The van der Waals surface area contributed by atoms with Gasteiger partial charge in [-0.3, -0.25) is 9.78 Å². The zero-order valence-corrected chi connectivity index (χ0v) is 18.6. The maximum absolute atomic E-state index is 12.7. The van der Waals surface area contributed by atoms with E-state index in [0.29, 0.717) is 39.1 Å². The Morgan fingerprint density at radius 2 is 1.93 bits per heavy atom. The monoisotopic (exact) mass is 481 g/mol. The van der Waals surface area contributed by atoms with Crippen molar-refractivity contribution in [1.29, 1.82) is 0 Å². The predicted molar refractivity (Wildman–Crippen MR) is 113 cm³/mol. The third-order valence-electron chi connectivity index (χ3n) is 4.96. The molecule has 0 bridgehead atoms. The molecule has 156 valence electrons. The van der Waals surface area contributed by atoms with Crippen molar-refractivity contribution in [1.82, 2.24) is 14.2 Å². The van der Waals surface area contributed by atoms with Gasteiger partial charge in [0.15, 0.2) is 0 Å². The van der Waals surface area contributed by atoms with E-state index in [4.69, 9.17) is 4.74 Å². The van der Waals surface area contributed by atoms with E-state index in [1.54, 1.807) is 30.3 Å². The predicted octanol–water partition coefficient (Wildman–Crippen LogP) is 2.78. The van der Waals surface area contributed by atoms with Gasteiger partial charge in [-0.05, 0) is 49.2 Å². The van der Waals surface area contributed by atoms with Gasteiger partial charge in [-0.25, -0.2) is 8.42 Å². The van der Waals surface area contributed by atoms with Crippen LogP contribution in [-0.2, 0) is 14.8 Å². The fourth-order valence-corrected chi connectivity index (χ4v) is 4.94. The summed E-state index contributed by atoms with van der Waals surface area (Å²) in [5, 5.41) is 0. The van der Waals surface area contributed by atoms with Gasteiger partial charge in [0.2, 0.25) is 15.9 Å². The van der Waals surface area contributed by atoms with Gasteiger partial charge in [-0.15, -0.1) is 0 Å². The van der Waals surface area contributed by atoms with E-state index >= 15 is 0 Å². The molecule has 1 fully saturated rings. The van der Waals surface area contributed by atoms with Gasteiger partial charge in [0.1, 0.15) is 17.3 Å². The molecule has 0 saturated carbocycles. The van der Waals surface area contributed by atoms with Crippen LogP contribution in [0, 0.1) is 5.92 Å². The summed E-state index contributed by atoms with van der Waals surface area (Å²) in [6, 6.07) is 10.7. The minimum absolute atomic E-state index is 0.0304. The van der Waals surface area contributed by atoms with Crippen molar-refractivity contribution in [3.63, 3.8) is 0 Å². The third kappa shape index (κ3) is 5.55. The maximum atomic E-state index is 12.7. The Bertz CT molecular complexity index is 915. The number of pyridine rings is 1. The highest BCUT2D eigenvalue weighted by molar-refractivity contribution is 9.10. The first-order valence-corrected chi connectivity index (χ1v) is 11.6. The van der Waals surface area contributed by atoms with Crippen LogP contribution in [0.15, 0.2) is 58.2 Å². The fraction of sp³-hybridized carbons (Fsp3) is 0.400. The Kier molecular flexibility index (Phi) is 7.26. The first-order chi connectivity index (χ1) is 13.9. The van der Waals surface area contributed by atoms with Gasteiger partial charge in [-0.1, -0.05) is 15.9 Å². The number of hydrogen-bond acceptors (Lipinski definition) is 5. The van der Waals surface area contributed by atoms with Crippen LogP contribution in [0.3, 0.4) is 0 Å².